The fourth-order valence-corrected chi connectivity index (χ4v) is 7.88. The predicted molar refractivity (Wildman–Crippen MR) is 158 cm³/mol. The molecule has 7 nitrogen and oxygen atoms in total. The van der Waals surface area contributed by atoms with Crippen molar-refractivity contribution in [1.82, 2.24) is 36.4 Å². The molecule has 0 aromatic heterocycles. The van der Waals surface area contributed by atoms with Gasteiger partial charge >= 0.3 is 0 Å². The van der Waals surface area contributed by atoms with Gasteiger partial charge in [0.25, 0.3) is 0 Å². The van der Waals surface area contributed by atoms with Crippen LogP contribution in [0.25, 0.3) is 0 Å². The molecular weight excluding hydrogens is 458 g/mol. The molecule has 0 aromatic carbocycles. The topological polar surface area (TPSA) is 66.6 Å². The largest absolute Gasteiger partial charge is 0.307 e. The third kappa shape index (κ3) is 8.86. The maximum absolute atomic E-state index is 4.09. The van der Waals surface area contributed by atoms with Crippen LogP contribution in [0.3, 0.4) is 0 Å². The van der Waals surface area contributed by atoms with Crippen molar-refractivity contribution in [2.75, 3.05) is 13.1 Å². The number of nitrogens with zero attached hydrogens (tertiary/aromatic N) is 2. The third-order valence-electron chi connectivity index (χ3n) is 8.61. The zero-order chi connectivity index (χ0) is 27.6. The zero-order valence-corrected chi connectivity index (χ0v) is 26.4. The van der Waals surface area contributed by atoms with Gasteiger partial charge in [0.15, 0.2) is 0 Å². The van der Waals surface area contributed by atoms with Gasteiger partial charge in [0.1, 0.15) is 12.6 Å². The van der Waals surface area contributed by atoms with Crippen LogP contribution in [0.4, 0.5) is 0 Å². The second-order valence-electron chi connectivity index (χ2n) is 15.1. The monoisotopic (exact) mass is 522 g/mol. The Labute approximate surface area is 230 Å². The normalized spacial score (nSPS) is 32.2. The van der Waals surface area contributed by atoms with E-state index in [1.54, 1.807) is 0 Å². The Morgan fingerprint density at radius 3 is 1.19 bits per heavy atom. The highest BCUT2D eigenvalue weighted by atomic mass is 15.6. The minimum absolute atomic E-state index is 0.133. The fraction of sp³-hybridized carbons (Fsp3) is 1.00. The number of unbranched alkanes of at least 4 members (excludes halogenated alkanes) is 2. The van der Waals surface area contributed by atoms with Gasteiger partial charge in [0, 0.05) is 47.3 Å². The average Bonchev–Trinajstić information content (AvgIpc) is 2.69. The van der Waals surface area contributed by atoms with Gasteiger partial charge in [0.05, 0.1) is 6.17 Å². The zero-order valence-electron chi connectivity index (χ0n) is 26.4. The smallest absolute Gasteiger partial charge is 0.118 e. The van der Waals surface area contributed by atoms with Crippen molar-refractivity contribution in [2.24, 2.45) is 0 Å². The van der Waals surface area contributed by atoms with Gasteiger partial charge in [-0.25, -0.2) is 0 Å². The number of hydrogen-bond acceptors (Lipinski definition) is 7. The molecule has 3 aliphatic rings. The van der Waals surface area contributed by atoms with Gasteiger partial charge in [-0.2, -0.15) is 0 Å². The van der Waals surface area contributed by atoms with Crippen molar-refractivity contribution >= 4 is 0 Å². The van der Waals surface area contributed by atoms with Gasteiger partial charge in [-0.3, -0.25) is 25.8 Å². The summed E-state index contributed by atoms with van der Waals surface area (Å²) in [5.74, 6) is 0. The summed E-state index contributed by atoms with van der Waals surface area (Å²) in [4.78, 5) is 5.54. The van der Waals surface area contributed by atoms with Gasteiger partial charge in [-0.1, -0.05) is 26.7 Å². The first-order valence-electron chi connectivity index (χ1n) is 15.4. The molecule has 0 spiro atoms. The van der Waals surface area contributed by atoms with E-state index in [4.69, 9.17) is 0 Å². The predicted octanol–water partition coefficient (Wildman–Crippen LogP) is 4.50. The number of hydrogen-bond donors (Lipinski definition) is 5. The molecule has 3 rings (SSSR count). The second kappa shape index (κ2) is 12.1. The fourth-order valence-electron chi connectivity index (χ4n) is 7.88. The van der Waals surface area contributed by atoms with E-state index < -0.39 is 0 Å². The van der Waals surface area contributed by atoms with Gasteiger partial charge < -0.3 is 10.6 Å². The summed E-state index contributed by atoms with van der Waals surface area (Å²) >= 11 is 0. The van der Waals surface area contributed by atoms with Crippen LogP contribution in [0.1, 0.15) is 128 Å². The Balaban J connectivity index is 1.86. The van der Waals surface area contributed by atoms with Gasteiger partial charge in [-0.15, -0.1) is 0 Å². The molecule has 37 heavy (non-hydrogen) atoms. The summed E-state index contributed by atoms with van der Waals surface area (Å²) in [6.45, 7) is 28.2. The van der Waals surface area contributed by atoms with Crippen LogP contribution in [-0.4, -0.2) is 75.9 Å². The summed E-state index contributed by atoms with van der Waals surface area (Å²) < 4.78 is 0. The van der Waals surface area contributed by atoms with E-state index in [1.165, 1.54) is 51.4 Å². The maximum atomic E-state index is 4.09. The average molecular weight is 522 g/mol. The summed E-state index contributed by atoms with van der Waals surface area (Å²) in [5, 5.41) is 19.7. The van der Waals surface area contributed by atoms with Crippen molar-refractivity contribution in [1.29, 1.82) is 0 Å². The molecular formula is C30H63N7. The SMILES string of the molecule is CCCCN(C1CC(C)(C)NC(C)(C)C1)C1NC(C)NC(N(CCCC)C2CC(C)(C)NC(C)(C)C2)N1. The maximum Gasteiger partial charge on any atom is 0.118 e. The molecule has 3 heterocycles. The van der Waals surface area contributed by atoms with Gasteiger partial charge in [0.2, 0.25) is 0 Å². The van der Waals surface area contributed by atoms with E-state index >= 15 is 0 Å². The highest BCUT2D eigenvalue weighted by Crippen LogP contribution is 2.34. The van der Waals surface area contributed by atoms with Crippen molar-refractivity contribution in [3.8, 4) is 0 Å². The van der Waals surface area contributed by atoms with E-state index in [9.17, 15) is 0 Å². The van der Waals surface area contributed by atoms with Crippen molar-refractivity contribution in [3.05, 3.63) is 0 Å². The minimum Gasteiger partial charge on any atom is -0.307 e. The Morgan fingerprint density at radius 2 is 0.892 bits per heavy atom. The molecule has 0 radical (unpaired) electrons. The number of rotatable bonds is 10. The number of nitrogens with one attached hydrogen (secondary N) is 5. The Morgan fingerprint density at radius 1 is 0.568 bits per heavy atom. The molecule has 5 N–H and O–H groups in total. The first-order chi connectivity index (χ1) is 17.1. The Kier molecular flexibility index (Phi) is 10.2. The van der Waals surface area contributed by atoms with Crippen LogP contribution in [0, 0.1) is 0 Å². The molecule has 2 atom stereocenters. The highest BCUT2D eigenvalue weighted by molar-refractivity contribution is 5.03. The number of piperidine rings is 2. The lowest BCUT2D eigenvalue weighted by molar-refractivity contribution is -0.0592. The third-order valence-corrected chi connectivity index (χ3v) is 8.61. The lowest BCUT2D eigenvalue weighted by Gasteiger charge is -2.55. The Bertz CT molecular complexity index is 629. The van der Waals surface area contributed by atoms with Crippen LogP contribution in [0.15, 0.2) is 0 Å². The molecule has 7 heteroatoms. The van der Waals surface area contributed by atoms with E-state index in [1.807, 2.05) is 0 Å². The van der Waals surface area contributed by atoms with E-state index in [0.717, 1.165) is 13.1 Å². The molecule has 0 aliphatic carbocycles. The molecule has 0 amide bonds. The van der Waals surface area contributed by atoms with Crippen molar-refractivity contribution < 1.29 is 0 Å². The summed E-state index contributed by atoms with van der Waals surface area (Å²) in [6.07, 6.45) is 10.1. The molecule has 3 fully saturated rings. The lowest BCUT2D eigenvalue weighted by atomic mass is 9.78. The molecule has 2 unspecified atom stereocenters. The quantitative estimate of drug-likeness (QED) is 0.290. The Hall–Kier alpha value is -0.280. The molecule has 0 aromatic rings. The molecule has 3 aliphatic heterocycles. The van der Waals surface area contributed by atoms with Gasteiger partial charge in [-0.05, 0) is 101 Å². The molecule has 218 valence electrons. The van der Waals surface area contributed by atoms with Crippen LogP contribution in [-0.2, 0) is 0 Å². The van der Waals surface area contributed by atoms with Crippen molar-refractivity contribution in [3.63, 3.8) is 0 Å². The molecule has 0 saturated carbocycles. The first-order valence-corrected chi connectivity index (χ1v) is 15.4. The second-order valence-corrected chi connectivity index (χ2v) is 15.1. The van der Waals surface area contributed by atoms with E-state index in [0.29, 0.717) is 12.1 Å². The minimum atomic E-state index is 0.133. The standard InChI is InChI=1S/C30H63N7/c1-12-14-16-36(23-18-27(4,5)34-28(6,7)19-23)25-31-22(3)32-26(33-25)37(17-15-13-2)24-20-29(8,9)35-30(10,11)21-24/h22-26,31-35H,12-21H2,1-11H3. The summed E-state index contributed by atoms with van der Waals surface area (Å²) in [5.41, 5.74) is 0.533. The van der Waals surface area contributed by atoms with Crippen LogP contribution in [0.5, 0.6) is 0 Å². The van der Waals surface area contributed by atoms with E-state index in [2.05, 4.69) is 113 Å². The van der Waals surface area contributed by atoms with E-state index in [-0.39, 0.29) is 40.9 Å². The van der Waals surface area contributed by atoms with Crippen molar-refractivity contribution in [2.45, 2.75) is 181 Å². The highest BCUT2D eigenvalue weighted by Gasteiger charge is 2.45. The van der Waals surface area contributed by atoms with Crippen LogP contribution >= 0.6 is 0 Å². The lowest BCUT2D eigenvalue weighted by Crippen LogP contribution is -2.78. The molecule has 0 bridgehead atoms. The summed E-state index contributed by atoms with van der Waals surface area (Å²) in [6, 6.07) is 1.07. The van der Waals surface area contributed by atoms with Crippen LogP contribution in [0.2, 0.25) is 0 Å². The first kappa shape index (κ1) is 31.3. The molecule has 3 saturated heterocycles. The summed E-state index contributed by atoms with van der Waals surface area (Å²) in [7, 11) is 0. The van der Waals surface area contributed by atoms with Crippen LogP contribution < -0.4 is 26.6 Å².